The Kier molecular flexibility index (Phi) is 4.85. The number of amides is 1. The maximum absolute atomic E-state index is 12.9. The highest BCUT2D eigenvalue weighted by Crippen LogP contribution is 2.26. The summed E-state index contributed by atoms with van der Waals surface area (Å²) >= 11 is 6.14. The molecule has 6 nitrogen and oxygen atoms in total. The zero-order chi connectivity index (χ0) is 17.8. The number of primary amides is 1. The molecule has 0 unspecified atom stereocenters. The monoisotopic (exact) mass is 357 g/mol. The highest BCUT2D eigenvalue weighted by Gasteiger charge is 2.11. The van der Waals surface area contributed by atoms with Crippen LogP contribution in [0.5, 0.6) is 0 Å². The van der Waals surface area contributed by atoms with Crippen LogP contribution < -0.4 is 11.1 Å². The molecule has 0 saturated carbocycles. The number of pyridine rings is 1. The number of halogens is 2. The smallest absolute Gasteiger partial charge is 0.267 e. The molecule has 8 heteroatoms. The van der Waals surface area contributed by atoms with Crippen LogP contribution in [0.2, 0.25) is 5.02 Å². The molecule has 1 aromatic carbocycles. The molecule has 3 rings (SSSR count). The Balaban J connectivity index is 1.83. The van der Waals surface area contributed by atoms with Gasteiger partial charge in [0.25, 0.3) is 5.91 Å². The zero-order valence-corrected chi connectivity index (χ0v) is 13.7. The van der Waals surface area contributed by atoms with Crippen molar-refractivity contribution in [3.63, 3.8) is 0 Å². The number of nitrogens with two attached hydrogens (primary N) is 1. The molecular formula is C17H13ClFN5O. The molecule has 0 aliphatic heterocycles. The Bertz CT molecular complexity index is 917. The fraction of sp³-hybridized carbons (Fsp3) is 0.0588. The molecule has 0 atom stereocenters. The first-order valence-electron chi connectivity index (χ1n) is 7.29. The highest BCUT2D eigenvalue weighted by atomic mass is 35.5. The van der Waals surface area contributed by atoms with Gasteiger partial charge in [-0.2, -0.15) is 0 Å². The minimum atomic E-state index is -0.656. The van der Waals surface area contributed by atoms with Gasteiger partial charge in [-0.1, -0.05) is 23.7 Å². The van der Waals surface area contributed by atoms with Crippen LogP contribution in [0.25, 0.3) is 11.3 Å². The third-order valence-electron chi connectivity index (χ3n) is 3.41. The lowest BCUT2D eigenvalue weighted by Crippen LogP contribution is -2.13. The minimum Gasteiger partial charge on any atom is -0.365 e. The average molecular weight is 358 g/mol. The second-order valence-corrected chi connectivity index (χ2v) is 5.59. The van der Waals surface area contributed by atoms with Crippen molar-refractivity contribution in [3.8, 4) is 11.3 Å². The number of carbonyl (C=O) groups is 1. The van der Waals surface area contributed by atoms with E-state index in [1.54, 1.807) is 18.3 Å². The van der Waals surface area contributed by atoms with Gasteiger partial charge in [0.15, 0.2) is 0 Å². The first-order chi connectivity index (χ1) is 12.0. The molecule has 0 fully saturated rings. The number of aromatic nitrogens is 3. The number of hydrogen-bond acceptors (Lipinski definition) is 5. The van der Waals surface area contributed by atoms with E-state index < -0.39 is 5.91 Å². The van der Waals surface area contributed by atoms with E-state index in [1.807, 2.05) is 0 Å². The van der Waals surface area contributed by atoms with E-state index >= 15 is 0 Å². The molecular weight excluding hydrogens is 345 g/mol. The van der Waals surface area contributed by atoms with Crippen LogP contribution in [0, 0.1) is 5.82 Å². The van der Waals surface area contributed by atoms with Crippen molar-refractivity contribution in [1.82, 2.24) is 15.0 Å². The number of nitrogens with one attached hydrogen (secondary N) is 1. The topological polar surface area (TPSA) is 93.8 Å². The standard InChI is InChI=1S/C17H13ClFN5O/c18-13-7-22-14(17(20)25)5-12(13)15-8-21-9-16(24-15)23-6-10-1-3-11(19)4-2-10/h1-5,7-9H,6H2,(H2,20,25)(H,23,24). The summed E-state index contributed by atoms with van der Waals surface area (Å²) < 4.78 is 12.9. The Morgan fingerprint density at radius 1 is 1.20 bits per heavy atom. The van der Waals surface area contributed by atoms with E-state index in [9.17, 15) is 9.18 Å². The van der Waals surface area contributed by atoms with Gasteiger partial charge in [0.05, 0.1) is 23.1 Å². The van der Waals surface area contributed by atoms with Crippen LogP contribution in [0.4, 0.5) is 10.2 Å². The minimum absolute atomic E-state index is 0.0888. The molecule has 0 aliphatic carbocycles. The number of anilines is 1. The van der Waals surface area contributed by atoms with Gasteiger partial charge in [-0.25, -0.2) is 14.4 Å². The summed E-state index contributed by atoms with van der Waals surface area (Å²) in [6.45, 7) is 0.453. The Morgan fingerprint density at radius 3 is 2.68 bits per heavy atom. The summed E-state index contributed by atoms with van der Waals surface area (Å²) in [5.41, 5.74) is 7.20. The number of hydrogen-bond donors (Lipinski definition) is 2. The Labute approximate surface area is 147 Å². The van der Waals surface area contributed by atoms with E-state index in [0.29, 0.717) is 28.6 Å². The van der Waals surface area contributed by atoms with Gasteiger partial charge < -0.3 is 11.1 Å². The lowest BCUT2D eigenvalue weighted by molar-refractivity contribution is 0.0995. The van der Waals surface area contributed by atoms with Gasteiger partial charge in [-0.3, -0.25) is 9.78 Å². The van der Waals surface area contributed by atoms with Gasteiger partial charge in [-0.15, -0.1) is 0 Å². The van der Waals surface area contributed by atoms with E-state index in [4.69, 9.17) is 17.3 Å². The van der Waals surface area contributed by atoms with Crippen LogP contribution in [0.3, 0.4) is 0 Å². The molecule has 126 valence electrons. The number of nitrogens with zero attached hydrogens (tertiary/aromatic N) is 3. The van der Waals surface area contributed by atoms with Crippen molar-refractivity contribution in [2.75, 3.05) is 5.32 Å². The fourth-order valence-electron chi connectivity index (χ4n) is 2.15. The fourth-order valence-corrected chi connectivity index (χ4v) is 2.35. The molecule has 0 spiro atoms. The third-order valence-corrected chi connectivity index (χ3v) is 3.71. The van der Waals surface area contributed by atoms with Crippen molar-refractivity contribution in [3.05, 3.63) is 71.0 Å². The molecule has 0 saturated heterocycles. The number of benzene rings is 1. The molecule has 2 heterocycles. The van der Waals surface area contributed by atoms with E-state index in [1.165, 1.54) is 30.6 Å². The summed E-state index contributed by atoms with van der Waals surface area (Å²) in [6.07, 6.45) is 4.42. The maximum atomic E-state index is 12.9. The molecule has 3 aromatic rings. The zero-order valence-electron chi connectivity index (χ0n) is 12.9. The summed E-state index contributed by atoms with van der Waals surface area (Å²) in [5, 5.41) is 3.43. The van der Waals surface area contributed by atoms with Crippen LogP contribution in [-0.2, 0) is 6.54 Å². The summed E-state index contributed by atoms with van der Waals surface area (Å²) in [7, 11) is 0. The van der Waals surface area contributed by atoms with Gasteiger partial charge in [0.2, 0.25) is 0 Å². The Hall–Kier alpha value is -3.06. The second kappa shape index (κ2) is 7.23. The van der Waals surface area contributed by atoms with Gasteiger partial charge >= 0.3 is 0 Å². The summed E-state index contributed by atoms with van der Waals surface area (Å²) in [6, 6.07) is 7.61. The molecule has 1 amide bonds. The number of carbonyl (C=O) groups excluding carboxylic acids is 1. The van der Waals surface area contributed by atoms with Crippen LogP contribution >= 0.6 is 11.6 Å². The normalized spacial score (nSPS) is 10.5. The van der Waals surface area contributed by atoms with Gasteiger partial charge in [0, 0.05) is 18.3 Å². The van der Waals surface area contributed by atoms with Crippen molar-refractivity contribution in [1.29, 1.82) is 0 Å². The molecule has 3 N–H and O–H groups in total. The SMILES string of the molecule is NC(=O)c1cc(-c2cncc(NCc3ccc(F)cc3)n2)c(Cl)cn1. The maximum Gasteiger partial charge on any atom is 0.267 e. The molecule has 0 bridgehead atoms. The van der Waals surface area contributed by atoms with Crippen molar-refractivity contribution < 1.29 is 9.18 Å². The quantitative estimate of drug-likeness (QED) is 0.732. The molecule has 2 aromatic heterocycles. The van der Waals surface area contributed by atoms with Crippen LogP contribution in [0.15, 0.2) is 48.9 Å². The van der Waals surface area contributed by atoms with Crippen molar-refractivity contribution >= 4 is 23.3 Å². The average Bonchev–Trinajstić information content (AvgIpc) is 2.61. The van der Waals surface area contributed by atoms with Gasteiger partial charge in [-0.05, 0) is 23.8 Å². The molecule has 0 radical (unpaired) electrons. The van der Waals surface area contributed by atoms with E-state index in [-0.39, 0.29) is 11.5 Å². The highest BCUT2D eigenvalue weighted by molar-refractivity contribution is 6.33. The lowest BCUT2D eigenvalue weighted by atomic mass is 10.1. The lowest BCUT2D eigenvalue weighted by Gasteiger charge is -2.09. The first kappa shape index (κ1) is 16.8. The van der Waals surface area contributed by atoms with Gasteiger partial charge in [0.1, 0.15) is 17.3 Å². The predicted molar refractivity (Wildman–Crippen MR) is 92.5 cm³/mol. The Morgan fingerprint density at radius 2 is 1.96 bits per heavy atom. The predicted octanol–water partition coefficient (Wildman–Crippen LogP) is 3.04. The molecule has 0 aliphatic rings. The first-order valence-corrected chi connectivity index (χ1v) is 7.67. The number of rotatable bonds is 5. The summed E-state index contributed by atoms with van der Waals surface area (Å²) in [5.74, 6) is -0.435. The molecule has 25 heavy (non-hydrogen) atoms. The largest absolute Gasteiger partial charge is 0.365 e. The van der Waals surface area contributed by atoms with Crippen LogP contribution in [0.1, 0.15) is 16.1 Å². The summed E-state index contributed by atoms with van der Waals surface area (Å²) in [4.78, 5) is 23.7. The van der Waals surface area contributed by atoms with Crippen LogP contribution in [-0.4, -0.2) is 20.9 Å². The third kappa shape index (κ3) is 4.07. The second-order valence-electron chi connectivity index (χ2n) is 5.18. The van der Waals surface area contributed by atoms with Crippen molar-refractivity contribution in [2.45, 2.75) is 6.54 Å². The van der Waals surface area contributed by atoms with E-state index in [0.717, 1.165) is 5.56 Å². The van der Waals surface area contributed by atoms with Crippen molar-refractivity contribution in [2.24, 2.45) is 5.73 Å². The van der Waals surface area contributed by atoms with E-state index in [2.05, 4.69) is 20.3 Å².